The van der Waals surface area contributed by atoms with Crippen molar-refractivity contribution < 1.29 is 9.59 Å². The third kappa shape index (κ3) is 1.68. The molecule has 0 heterocycles. The summed E-state index contributed by atoms with van der Waals surface area (Å²) in [5.41, 5.74) is 0. The standard InChI is InChI=1S/C16H24O2/c1-9-5-3-7-11-13(9)16(18)14-10(2)6-4-8-12(14)15(11)17/h9-14H,3-8H2,1-2H3. The lowest BCUT2D eigenvalue weighted by Crippen LogP contribution is -2.53. The van der Waals surface area contributed by atoms with E-state index in [1.165, 1.54) is 0 Å². The van der Waals surface area contributed by atoms with Gasteiger partial charge in [0.2, 0.25) is 0 Å². The Morgan fingerprint density at radius 2 is 1.17 bits per heavy atom. The molecule has 100 valence electrons. The molecule has 0 aromatic rings. The Balaban J connectivity index is 1.95. The molecule has 3 rings (SSSR count). The Labute approximate surface area is 110 Å². The van der Waals surface area contributed by atoms with Crippen molar-refractivity contribution in [3.63, 3.8) is 0 Å². The quantitative estimate of drug-likeness (QED) is 0.659. The molecule has 0 radical (unpaired) electrons. The van der Waals surface area contributed by atoms with Gasteiger partial charge in [-0.1, -0.05) is 26.7 Å². The summed E-state index contributed by atoms with van der Waals surface area (Å²) in [6.07, 6.45) is 6.47. The molecule has 0 aliphatic heterocycles. The molecule has 0 aromatic heterocycles. The van der Waals surface area contributed by atoms with Crippen LogP contribution in [0.4, 0.5) is 0 Å². The minimum absolute atomic E-state index is 0.0630. The van der Waals surface area contributed by atoms with Crippen molar-refractivity contribution >= 4 is 11.6 Å². The molecule has 0 amide bonds. The van der Waals surface area contributed by atoms with Gasteiger partial charge in [0.1, 0.15) is 11.6 Å². The van der Waals surface area contributed by atoms with Gasteiger partial charge in [-0.15, -0.1) is 0 Å². The highest BCUT2D eigenvalue weighted by molar-refractivity contribution is 6.00. The molecule has 3 saturated carbocycles. The van der Waals surface area contributed by atoms with Crippen LogP contribution in [-0.2, 0) is 9.59 Å². The van der Waals surface area contributed by atoms with Crippen molar-refractivity contribution in [2.24, 2.45) is 35.5 Å². The van der Waals surface area contributed by atoms with Crippen molar-refractivity contribution in [3.8, 4) is 0 Å². The Kier molecular flexibility index (Phi) is 3.07. The topological polar surface area (TPSA) is 34.1 Å². The van der Waals surface area contributed by atoms with Crippen LogP contribution in [0.5, 0.6) is 0 Å². The summed E-state index contributed by atoms with van der Waals surface area (Å²) in [6, 6.07) is 0. The highest BCUT2D eigenvalue weighted by Gasteiger charge is 2.53. The number of Topliss-reactive ketones (excluding diaryl/α,β-unsaturated/α-hetero) is 2. The fourth-order valence-electron chi connectivity index (χ4n) is 4.92. The van der Waals surface area contributed by atoms with Crippen LogP contribution in [0.15, 0.2) is 0 Å². The van der Waals surface area contributed by atoms with Gasteiger partial charge in [0, 0.05) is 23.7 Å². The van der Waals surface area contributed by atoms with Crippen LogP contribution >= 0.6 is 0 Å². The van der Waals surface area contributed by atoms with Gasteiger partial charge in [0.25, 0.3) is 0 Å². The highest BCUT2D eigenvalue weighted by Crippen LogP contribution is 2.49. The molecule has 18 heavy (non-hydrogen) atoms. The monoisotopic (exact) mass is 248 g/mol. The number of rotatable bonds is 0. The van der Waals surface area contributed by atoms with Gasteiger partial charge in [0.05, 0.1) is 0 Å². The van der Waals surface area contributed by atoms with Crippen LogP contribution < -0.4 is 0 Å². The van der Waals surface area contributed by atoms with E-state index in [1.54, 1.807) is 0 Å². The van der Waals surface area contributed by atoms with E-state index in [-0.39, 0.29) is 23.7 Å². The van der Waals surface area contributed by atoms with Gasteiger partial charge >= 0.3 is 0 Å². The lowest BCUT2D eigenvalue weighted by molar-refractivity contribution is -0.155. The van der Waals surface area contributed by atoms with Crippen LogP contribution in [0.25, 0.3) is 0 Å². The summed E-state index contributed by atoms with van der Waals surface area (Å²) >= 11 is 0. The van der Waals surface area contributed by atoms with Crippen LogP contribution in [-0.4, -0.2) is 11.6 Å². The van der Waals surface area contributed by atoms with Crippen LogP contribution in [0.1, 0.15) is 52.4 Å². The predicted octanol–water partition coefficient (Wildman–Crippen LogP) is 3.24. The second-order valence-electron chi connectivity index (χ2n) is 6.89. The largest absolute Gasteiger partial charge is 0.299 e. The molecule has 0 N–H and O–H groups in total. The Morgan fingerprint density at radius 1 is 0.722 bits per heavy atom. The third-order valence-electron chi connectivity index (χ3n) is 5.83. The van der Waals surface area contributed by atoms with Gasteiger partial charge in [-0.2, -0.15) is 0 Å². The molecule has 3 aliphatic carbocycles. The minimum atomic E-state index is 0.0630. The summed E-state index contributed by atoms with van der Waals surface area (Å²) in [5.74, 6) is 2.03. The third-order valence-corrected chi connectivity index (χ3v) is 5.83. The lowest BCUT2D eigenvalue weighted by Gasteiger charge is -2.47. The predicted molar refractivity (Wildman–Crippen MR) is 70.0 cm³/mol. The van der Waals surface area contributed by atoms with Crippen molar-refractivity contribution in [2.45, 2.75) is 52.4 Å². The van der Waals surface area contributed by atoms with Gasteiger partial charge in [0.15, 0.2) is 0 Å². The zero-order valence-corrected chi connectivity index (χ0v) is 11.5. The van der Waals surface area contributed by atoms with Gasteiger partial charge in [-0.25, -0.2) is 0 Å². The van der Waals surface area contributed by atoms with Crippen LogP contribution in [0.2, 0.25) is 0 Å². The van der Waals surface area contributed by atoms with E-state index in [9.17, 15) is 9.59 Å². The molecule has 0 bridgehead atoms. The first kappa shape index (κ1) is 12.4. The van der Waals surface area contributed by atoms with Gasteiger partial charge < -0.3 is 0 Å². The van der Waals surface area contributed by atoms with Crippen molar-refractivity contribution in [1.29, 1.82) is 0 Å². The zero-order valence-electron chi connectivity index (χ0n) is 11.5. The highest BCUT2D eigenvalue weighted by atomic mass is 16.1. The van der Waals surface area contributed by atoms with Gasteiger partial charge in [-0.05, 0) is 37.5 Å². The van der Waals surface area contributed by atoms with E-state index in [2.05, 4.69) is 13.8 Å². The maximum atomic E-state index is 12.8. The van der Waals surface area contributed by atoms with Crippen molar-refractivity contribution in [3.05, 3.63) is 0 Å². The summed E-state index contributed by atoms with van der Waals surface area (Å²) in [4.78, 5) is 25.5. The smallest absolute Gasteiger partial charge is 0.141 e. The molecular formula is C16H24O2. The molecule has 2 nitrogen and oxygen atoms in total. The first-order valence-corrected chi connectivity index (χ1v) is 7.68. The Hall–Kier alpha value is -0.660. The molecular weight excluding hydrogens is 224 g/mol. The maximum absolute atomic E-state index is 12.8. The van der Waals surface area contributed by atoms with E-state index >= 15 is 0 Å². The molecule has 6 atom stereocenters. The van der Waals surface area contributed by atoms with E-state index < -0.39 is 0 Å². The molecule has 0 spiro atoms. The second kappa shape index (κ2) is 4.47. The number of hydrogen-bond acceptors (Lipinski definition) is 2. The molecule has 0 aromatic carbocycles. The minimum Gasteiger partial charge on any atom is -0.299 e. The zero-order chi connectivity index (χ0) is 12.9. The first-order valence-electron chi connectivity index (χ1n) is 7.68. The van der Waals surface area contributed by atoms with E-state index in [0.29, 0.717) is 23.4 Å². The second-order valence-corrected chi connectivity index (χ2v) is 6.89. The lowest BCUT2D eigenvalue weighted by atomic mass is 9.54. The number of ketones is 2. The fraction of sp³-hybridized carbons (Fsp3) is 0.875. The van der Waals surface area contributed by atoms with E-state index in [4.69, 9.17) is 0 Å². The summed E-state index contributed by atoms with van der Waals surface area (Å²) in [7, 11) is 0. The van der Waals surface area contributed by atoms with Gasteiger partial charge in [-0.3, -0.25) is 9.59 Å². The first-order chi connectivity index (χ1) is 8.61. The van der Waals surface area contributed by atoms with E-state index in [0.717, 1.165) is 38.5 Å². The Morgan fingerprint density at radius 3 is 1.61 bits per heavy atom. The SMILES string of the molecule is CC1CCCC2C(=O)C3CCCC(C)C3C(=O)C12. The summed E-state index contributed by atoms with van der Waals surface area (Å²) in [5, 5.41) is 0. The van der Waals surface area contributed by atoms with E-state index in [1.807, 2.05) is 0 Å². The average molecular weight is 248 g/mol. The molecule has 3 aliphatic rings. The number of carbonyl (C=O) groups excluding carboxylic acids is 2. The van der Waals surface area contributed by atoms with Crippen molar-refractivity contribution in [2.75, 3.05) is 0 Å². The fourth-order valence-corrected chi connectivity index (χ4v) is 4.92. The van der Waals surface area contributed by atoms with Crippen molar-refractivity contribution in [1.82, 2.24) is 0 Å². The molecule has 6 unspecified atom stereocenters. The average Bonchev–Trinajstić information content (AvgIpc) is 2.35. The molecule has 0 saturated heterocycles. The summed E-state index contributed by atoms with van der Waals surface area (Å²) < 4.78 is 0. The Bertz CT molecular complexity index is 341. The van der Waals surface area contributed by atoms with Crippen LogP contribution in [0.3, 0.4) is 0 Å². The number of hydrogen-bond donors (Lipinski definition) is 0. The molecule has 2 heteroatoms. The number of fused-ring (bicyclic) bond motifs is 2. The maximum Gasteiger partial charge on any atom is 0.141 e. The number of carbonyl (C=O) groups is 2. The van der Waals surface area contributed by atoms with Crippen LogP contribution in [0, 0.1) is 35.5 Å². The summed E-state index contributed by atoms with van der Waals surface area (Å²) in [6.45, 7) is 4.35. The molecule has 3 fully saturated rings. The normalized spacial score (nSPS) is 48.6.